The van der Waals surface area contributed by atoms with Crippen LogP contribution in [0.15, 0.2) is 36.4 Å². The molecule has 4 atom stereocenters. The smallest absolute Gasteiger partial charge is 0.410 e. The van der Waals surface area contributed by atoms with E-state index < -0.39 is 50.9 Å². The normalized spacial score (nSPS) is 30.6. The lowest BCUT2D eigenvalue weighted by atomic mass is 10.1. The molecule has 0 spiro atoms. The predicted molar refractivity (Wildman–Crippen MR) is 152 cm³/mol. The standard InChI is InChI=1S/C30H38N4O7S/c35-26-12-6-4-2-1-3-5-11-22-16-30(22,28(37)32-42(39,40)24-13-14-24)31-27(36)25-15-23(19-34(25)26)41-29(38)33-17-20-9-7-8-10-21(20)18-33/h5,7-11,22-25H,1-4,6,12-19H2,(H,31,36)(H,32,37)/b11-5-/t22-,23-,25+,30-/m1/s1. The van der Waals surface area contributed by atoms with Gasteiger partial charge in [0.15, 0.2) is 0 Å². The number of carbonyl (C=O) groups excluding carboxylic acids is 4. The highest BCUT2D eigenvalue weighted by Crippen LogP contribution is 2.46. The molecule has 5 aliphatic rings. The first-order chi connectivity index (χ1) is 20.2. The summed E-state index contributed by atoms with van der Waals surface area (Å²) in [5.74, 6) is -1.83. The van der Waals surface area contributed by atoms with Crippen LogP contribution in [-0.4, -0.2) is 71.5 Å². The Balaban J connectivity index is 1.18. The number of ether oxygens (including phenoxy) is 1. The van der Waals surface area contributed by atoms with Crippen LogP contribution in [0.3, 0.4) is 0 Å². The Labute approximate surface area is 246 Å². The molecule has 42 heavy (non-hydrogen) atoms. The van der Waals surface area contributed by atoms with Crippen molar-refractivity contribution in [2.75, 3.05) is 6.54 Å². The molecular weight excluding hydrogens is 560 g/mol. The molecule has 226 valence electrons. The fourth-order valence-corrected chi connectivity index (χ4v) is 7.71. The third-order valence-electron chi connectivity index (χ3n) is 9.10. The van der Waals surface area contributed by atoms with Gasteiger partial charge in [-0.3, -0.25) is 24.0 Å². The molecule has 3 aliphatic heterocycles. The van der Waals surface area contributed by atoms with Crippen molar-refractivity contribution in [1.82, 2.24) is 19.8 Å². The second-order valence-corrected chi connectivity index (χ2v) is 14.2. The third-order valence-corrected chi connectivity index (χ3v) is 10.9. The van der Waals surface area contributed by atoms with Crippen molar-refractivity contribution in [2.45, 2.75) is 100 Å². The number of allylic oxidation sites excluding steroid dienone is 1. The van der Waals surface area contributed by atoms with Gasteiger partial charge in [-0.15, -0.1) is 0 Å². The predicted octanol–water partition coefficient (Wildman–Crippen LogP) is 2.50. The Morgan fingerprint density at radius 3 is 2.45 bits per heavy atom. The summed E-state index contributed by atoms with van der Waals surface area (Å²) in [5.41, 5.74) is 0.715. The molecule has 2 N–H and O–H groups in total. The summed E-state index contributed by atoms with van der Waals surface area (Å²) in [7, 11) is -3.81. The quantitative estimate of drug-likeness (QED) is 0.507. The molecule has 3 heterocycles. The maximum absolute atomic E-state index is 13.8. The van der Waals surface area contributed by atoms with Crippen molar-refractivity contribution < 1.29 is 32.3 Å². The van der Waals surface area contributed by atoms with Crippen LogP contribution in [0.4, 0.5) is 4.79 Å². The number of sulfonamides is 1. The van der Waals surface area contributed by atoms with E-state index in [-0.39, 0.29) is 37.6 Å². The molecule has 6 rings (SSSR count). The largest absolute Gasteiger partial charge is 0.444 e. The topological polar surface area (TPSA) is 142 Å². The number of nitrogens with one attached hydrogen (secondary N) is 2. The van der Waals surface area contributed by atoms with Gasteiger partial charge >= 0.3 is 6.09 Å². The van der Waals surface area contributed by atoms with Crippen molar-refractivity contribution >= 4 is 33.8 Å². The minimum atomic E-state index is -3.81. The zero-order valence-corrected chi connectivity index (χ0v) is 24.4. The average molecular weight is 599 g/mol. The van der Waals surface area contributed by atoms with Crippen LogP contribution in [-0.2, 0) is 42.2 Å². The van der Waals surface area contributed by atoms with Crippen LogP contribution >= 0.6 is 0 Å². The fourth-order valence-electron chi connectivity index (χ4n) is 6.35. The Morgan fingerprint density at radius 2 is 1.74 bits per heavy atom. The zero-order chi connectivity index (χ0) is 29.5. The zero-order valence-electron chi connectivity index (χ0n) is 23.6. The van der Waals surface area contributed by atoms with Gasteiger partial charge in [0.05, 0.1) is 11.8 Å². The van der Waals surface area contributed by atoms with Gasteiger partial charge in [-0.25, -0.2) is 13.2 Å². The van der Waals surface area contributed by atoms with Crippen molar-refractivity contribution in [3.05, 3.63) is 47.5 Å². The summed E-state index contributed by atoms with van der Waals surface area (Å²) in [6.07, 6.45) is 8.62. The van der Waals surface area contributed by atoms with E-state index in [1.54, 1.807) is 4.90 Å². The van der Waals surface area contributed by atoms with Crippen LogP contribution < -0.4 is 10.0 Å². The molecule has 1 aromatic rings. The molecule has 12 heteroatoms. The minimum Gasteiger partial charge on any atom is -0.444 e. The molecule has 4 amide bonds. The van der Waals surface area contributed by atoms with Gasteiger partial charge in [0, 0.05) is 31.8 Å². The van der Waals surface area contributed by atoms with E-state index in [4.69, 9.17) is 4.74 Å². The summed E-state index contributed by atoms with van der Waals surface area (Å²) in [6.45, 7) is 0.956. The number of benzene rings is 1. The Hall–Kier alpha value is -3.41. The van der Waals surface area contributed by atoms with Crippen molar-refractivity contribution in [3.8, 4) is 0 Å². The molecule has 0 bridgehead atoms. The van der Waals surface area contributed by atoms with E-state index in [0.29, 0.717) is 32.4 Å². The highest BCUT2D eigenvalue weighted by molar-refractivity contribution is 7.91. The van der Waals surface area contributed by atoms with Crippen molar-refractivity contribution in [1.29, 1.82) is 0 Å². The van der Waals surface area contributed by atoms with Crippen LogP contribution in [0.1, 0.15) is 75.3 Å². The summed E-state index contributed by atoms with van der Waals surface area (Å²) in [5, 5.41) is 2.26. The van der Waals surface area contributed by atoms with E-state index in [2.05, 4.69) is 10.0 Å². The molecule has 0 aromatic heterocycles. The number of rotatable bonds is 4. The highest BCUT2D eigenvalue weighted by atomic mass is 32.2. The summed E-state index contributed by atoms with van der Waals surface area (Å²) >= 11 is 0. The molecule has 0 radical (unpaired) electrons. The van der Waals surface area contributed by atoms with Crippen molar-refractivity contribution in [2.24, 2.45) is 5.92 Å². The molecule has 0 unspecified atom stereocenters. The summed E-state index contributed by atoms with van der Waals surface area (Å²) in [4.78, 5) is 56.6. The second-order valence-electron chi connectivity index (χ2n) is 12.3. The van der Waals surface area contributed by atoms with E-state index in [1.165, 1.54) is 4.90 Å². The Bertz CT molecular complexity index is 1380. The summed E-state index contributed by atoms with van der Waals surface area (Å²) in [6, 6.07) is 6.86. The molecule has 11 nitrogen and oxygen atoms in total. The monoisotopic (exact) mass is 598 g/mol. The van der Waals surface area contributed by atoms with Gasteiger partial charge in [0.1, 0.15) is 17.7 Å². The SMILES string of the molecule is O=C1N[C@]2(C(=O)NS(=O)(=O)C3CC3)C[C@H]2/C=C\CCCCCCC(=O)N2C[C@H](OC(=O)N3Cc4ccccc4C3)C[C@@H]12. The first-order valence-corrected chi connectivity index (χ1v) is 16.6. The van der Waals surface area contributed by atoms with Gasteiger partial charge in [-0.2, -0.15) is 0 Å². The first kappa shape index (κ1) is 28.7. The molecule has 3 fully saturated rings. The van der Waals surface area contributed by atoms with Crippen LogP contribution in [0.2, 0.25) is 0 Å². The molecule has 2 aliphatic carbocycles. The number of hydrogen-bond donors (Lipinski definition) is 2. The third kappa shape index (κ3) is 5.91. The van der Waals surface area contributed by atoms with E-state index in [0.717, 1.165) is 36.8 Å². The Kier molecular flexibility index (Phi) is 7.75. The number of fused-ring (bicyclic) bond motifs is 3. The van der Waals surface area contributed by atoms with E-state index in [9.17, 15) is 27.6 Å². The fraction of sp³-hybridized carbons (Fsp3) is 0.600. The number of carbonyl (C=O) groups is 4. The second kappa shape index (κ2) is 11.3. The van der Waals surface area contributed by atoms with Gasteiger partial charge in [0.25, 0.3) is 5.91 Å². The maximum Gasteiger partial charge on any atom is 0.410 e. The maximum atomic E-state index is 13.8. The number of amides is 4. The minimum absolute atomic E-state index is 0.0854. The molecule has 2 saturated carbocycles. The van der Waals surface area contributed by atoms with Gasteiger partial charge in [-0.05, 0) is 49.7 Å². The van der Waals surface area contributed by atoms with Crippen LogP contribution in [0.5, 0.6) is 0 Å². The highest BCUT2D eigenvalue weighted by Gasteiger charge is 2.62. The van der Waals surface area contributed by atoms with Crippen LogP contribution in [0.25, 0.3) is 0 Å². The molecule has 1 saturated heterocycles. The van der Waals surface area contributed by atoms with Crippen molar-refractivity contribution in [3.63, 3.8) is 0 Å². The lowest BCUT2D eigenvalue weighted by molar-refractivity contribution is -0.139. The number of hydrogen-bond acceptors (Lipinski definition) is 7. The van der Waals surface area contributed by atoms with Gasteiger partial charge < -0.3 is 15.0 Å². The van der Waals surface area contributed by atoms with Crippen LogP contribution in [0, 0.1) is 5.92 Å². The lowest BCUT2D eigenvalue weighted by Crippen LogP contribution is -2.56. The van der Waals surface area contributed by atoms with Gasteiger partial charge in [-0.1, -0.05) is 49.3 Å². The van der Waals surface area contributed by atoms with Gasteiger partial charge in [0.2, 0.25) is 21.8 Å². The summed E-state index contributed by atoms with van der Waals surface area (Å²) < 4.78 is 33.2. The average Bonchev–Trinajstić information content (AvgIpc) is 3.84. The molecule has 1 aromatic carbocycles. The van der Waals surface area contributed by atoms with E-state index >= 15 is 0 Å². The Morgan fingerprint density at radius 1 is 1.02 bits per heavy atom. The van der Waals surface area contributed by atoms with E-state index in [1.807, 2.05) is 36.4 Å². The lowest BCUT2D eigenvalue weighted by Gasteiger charge is -2.26. The first-order valence-electron chi connectivity index (χ1n) is 15.0. The molecular formula is C30H38N4O7S. The number of nitrogens with zero attached hydrogens (tertiary/aromatic N) is 2.